The van der Waals surface area contributed by atoms with E-state index in [1.165, 1.54) is 44.3 Å². The third kappa shape index (κ3) is 2.80. The molecule has 0 radical (unpaired) electrons. The van der Waals surface area contributed by atoms with Crippen LogP contribution in [0, 0.1) is 5.92 Å². The maximum atomic E-state index is 4.18. The molecule has 3 nitrogen and oxygen atoms in total. The standard InChI is InChI=1S/C12H21N3/c1-2-15-10-13-14-12(15)9-8-11-6-4-3-5-7-11/h10-11H,2-9H2,1H3. The lowest BCUT2D eigenvalue weighted by Gasteiger charge is -2.21. The molecule has 0 atom stereocenters. The Bertz CT molecular complexity index is 287. The van der Waals surface area contributed by atoms with Crippen molar-refractivity contribution in [2.24, 2.45) is 5.92 Å². The number of aryl methyl sites for hydroxylation is 2. The summed E-state index contributed by atoms with van der Waals surface area (Å²) in [6, 6.07) is 0. The number of nitrogens with zero attached hydrogens (tertiary/aromatic N) is 3. The molecule has 1 heterocycles. The van der Waals surface area contributed by atoms with Gasteiger partial charge in [-0.15, -0.1) is 10.2 Å². The Labute approximate surface area is 91.9 Å². The highest BCUT2D eigenvalue weighted by Gasteiger charge is 2.14. The summed E-state index contributed by atoms with van der Waals surface area (Å²) in [6.07, 6.45) is 11.4. The fraction of sp³-hybridized carbons (Fsp3) is 0.833. The van der Waals surface area contributed by atoms with Gasteiger partial charge in [0.25, 0.3) is 0 Å². The van der Waals surface area contributed by atoms with E-state index in [9.17, 15) is 0 Å². The van der Waals surface area contributed by atoms with Crippen molar-refractivity contribution in [1.29, 1.82) is 0 Å². The summed E-state index contributed by atoms with van der Waals surface area (Å²) < 4.78 is 2.16. The Hall–Kier alpha value is -0.860. The molecule has 1 aliphatic carbocycles. The smallest absolute Gasteiger partial charge is 0.132 e. The Morgan fingerprint density at radius 2 is 2.13 bits per heavy atom. The van der Waals surface area contributed by atoms with Crippen LogP contribution in [0.2, 0.25) is 0 Å². The Morgan fingerprint density at radius 3 is 2.87 bits per heavy atom. The van der Waals surface area contributed by atoms with E-state index in [0.29, 0.717) is 0 Å². The zero-order chi connectivity index (χ0) is 10.5. The average molecular weight is 207 g/mol. The second kappa shape index (κ2) is 5.29. The predicted molar refractivity (Wildman–Crippen MR) is 60.6 cm³/mol. The van der Waals surface area contributed by atoms with E-state index in [4.69, 9.17) is 0 Å². The third-order valence-corrected chi connectivity index (χ3v) is 3.54. The van der Waals surface area contributed by atoms with E-state index in [1.54, 1.807) is 0 Å². The number of rotatable bonds is 4. The van der Waals surface area contributed by atoms with Gasteiger partial charge in [-0.25, -0.2) is 0 Å². The zero-order valence-electron chi connectivity index (χ0n) is 9.65. The first-order valence-corrected chi connectivity index (χ1v) is 6.27. The molecule has 1 saturated carbocycles. The third-order valence-electron chi connectivity index (χ3n) is 3.54. The number of hydrogen-bond donors (Lipinski definition) is 0. The lowest BCUT2D eigenvalue weighted by atomic mass is 9.86. The van der Waals surface area contributed by atoms with Crippen LogP contribution in [0.15, 0.2) is 6.33 Å². The second-order valence-corrected chi connectivity index (χ2v) is 4.58. The van der Waals surface area contributed by atoms with Crippen LogP contribution in [0.25, 0.3) is 0 Å². The van der Waals surface area contributed by atoms with E-state index in [2.05, 4.69) is 21.7 Å². The molecule has 0 amide bonds. The first-order chi connectivity index (χ1) is 7.40. The monoisotopic (exact) mass is 207 g/mol. The van der Waals surface area contributed by atoms with Gasteiger partial charge < -0.3 is 4.57 Å². The van der Waals surface area contributed by atoms with Crippen molar-refractivity contribution in [1.82, 2.24) is 14.8 Å². The van der Waals surface area contributed by atoms with Crippen molar-refractivity contribution >= 4 is 0 Å². The van der Waals surface area contributed by atoms with Crippen LogP contribution in [0.5, 0.6) is 0 Å². The molecule has 15 heavy (non-hydrogen) atoms. The molecule has 0 N–H and O–H groups in total. The minimum atomic E-state index is 0.945. The summed E-state index contributed by atoms with van der Waals surface area (Å²) in [6.45, 7) is 3.14. The highest BCUT2D eigenvalue weighted by molar-refractivity contribution is 4.86. The fourth-order valence-electron chi connectivity index (χ4n) is 2.55. The molecule has 0 bridgehead atoms. The minimum absolute atomic E-state index is 0.945. The van der Waals surface area contributed by atoms with Gasteiger partial charge in [0.15, 0.2) is 0 Å². The van der Waals surface area contributed by atoms with Crippen LogP contribution >= 0.6 is 0 Å². The average Bonchev–Trinajstić information content (AvgIpc) is 2.75. The molecule has 0 spiro atoms. The summed E-state index contributed by atoms with van der Waals surface area (Å²) in [5, 5.41) is 8.15. The first-order valence-electron chi connectivity index (χ1n) is 6.27. The first kappa shape index (κ1) is 10.7. The van der Waals surface area contributed by atoms with E-state index >= 15 is 0 Å². The summed E-state index contributed by atoms with van der Waals surface area (Å²) in [5.74, 6) is 2.11. The molecule has 1 aromatic rings. The molecular weight excluding hydrogens is 186 g/mol. The Balaban J connectivity index is 1.81. The summed E-state index contributed by atoms with van der Waals surface area (Å²) in [4.78, 5) is 0. The number of aromatic nitrogens is 3. The summed E-state index contributed by atoms with van der Waals surface area (Å²) in [7, 11) is 0. The van der Waals surface area contributed by atoms with Crippen molar-refractivity contribution in [3.8, 4) is 0 Å². The highest BCUT2D eigenvalue weighted by atomic mass is 15.3. The van der Waals surface area contributed by atoms with Gasteiger partial charge in [0.1, 0.15) is 12.2 Å². The molecule has 0 unspecified atom stereocenters. The normalized spacial score (nSPS) is 18.2. The van der Waals surface area contributed by atoms with Crippen LogP contribution < -0.4 is 0 Å². The van der Waals surface area contributed by atoms with Gasteiger partial charge in [-0.1, -0.05) is 32.1 Å². The molecule has 0 aromatic carbocycles. The maximum absolute atomic E-state index is 4.18. The molecule has 1 fully saturated rings. The van der Waals surface area contributed by atoms with E-state index < -0.39 is 0 Å². The Kier molecular flexibility index (Phi) is 3.75. The van der Waals surface area contributed by atoms with Gasteiger partial charge in [0.2, 0.25) is 0 Å². The SMILES string of the molecule is CCn1cnnc1CCC1CCCCC1. The molecular formula is C12H21N3. The summed E-state index contributed by atoms with van der Waals surface area (Å²) >= 11 is 0. The molecule has 0 aliphatic heterocycles. The van der Waals surface area contributed by atoms with Crippen molar-refractivity contribution in [2.45, 2.75) is 58.4 Å². The molecule has 2 rings (SSSR count). The second-order valence-electron chi connectivity index (χ2n) is 4.58. The van der Waals surface area contributed by atoms with Gasteiger partial charge in [-0.3, -0.25) is 0 Å². The lowest BCUT2D eigenvalue weighted by Crippen LogP contribution is -2.09. The van der Waals surface area contributed by atoms with Crippen LogP contribution in [-0.4, -0.2) is 14.8 Å². The van der Waals surface area contributed by atoms with Gasteiger partial charge in [0, 0.05) is 13.0 Å². The maximum Gasteiger partial charge on any atom is 0.132 e. The van der Waals surface area contributed by atoms with Gasteiger partial charge in [0.05, 0.1) is 0 Å². The quantitative estimate of drug-likeness (QED) is 0.760. The summed E-state index contributed by atoms with van der Waals surface area (Å²) in [5.41, 5.74) is 0. The van der Waals surface area contributed by atoms with Crippen LogP contribution in [-0.2, 0) is 13.0 Å². The molecule has 84 valence electrons. The van der Waals surface area contributed by atoms with E-state index in [0.717, 1.165) is 18.9 Å². The zero-order valence-corrected chi connectivity index (χ0v) is 9.65. The highest BCUT2D eigenvalue weighted by Crippen LogP contribution is 2.27. The lowest BCUT2D eigenvalue weighted by molar-refractivity contribution is 0.336. The largest absolute Gasteiger partial charge is 0.318 e. The van der Waals surface area contributed by atoms with Crippen molar-refractivity contribution in [2.75, 3.05) is 0 Å². The molecule has 1 aliphatic rings. The van der Waals surface area contributed by atoms with Crippen LogP contribution in [0.3, 0.4) is 0 Å². The van der Waals surface area contributed by atoms with Gasteiger partial charge in [-0.05, 0) is 19.3 Å². The molecule has 1 aromatic heterocycles. The van der Waals surface area contributed by atoms with Crippen molar-refractivity contribution < 1.29 is 0 Å². The Morgan fingerprint density at radius 1 is 1.33 bits per heavy atom. The van der Waals surface area contributed by atoms with Gasteiger partial charge in [-0.2, -0.15) is 0 Å². The topological polar surface area (TPSA) is 30.7 Å². The van der Waals surface area contributed by atoms with Crippen molar-refractivity contribution in [3.63, 3.8) is 0 Å². The van der Waals surface area contributed by atoms with Crippen LogP contribution in [0.1, 0.15) is 51.3 Å². The molecule has 3 heteroatoms. The van der Waals surface area contributed by atoms with E-state index in [1.807, 2.05) is 6.33 Å². The van der Waals surface area contributed by atoms with Crippen molar-refractivity contribution in [3.05, 3.63) is 12.2 Å². The van der Waals surface area contributed by atoms with E-state index in [-0.39, 0.29) is 0 Å². The predicted octanol–water partition coefficient (Wildman–Crippen LogP) is 2.81. The minimum Gasteiger partial charge on any atom is -0.318 e. The van der Waals surface area contributed by atoms with Gasteiger partial charge >= 0.3 is 0 Å². The number of hydrogen-bond acceptors (Lipinski definition) is 2. The molecule has 0 saturated heterocycles. The fourth-order valence-corrected chi connectivity index (χ4v) is 2.55. The van der Waals surface area contributed by atoms with Crippen LogP contribution in [0.4, 0.5) is 0 Å².